The first-order chi connectivity index (χ1) is 37.5. The van der Waals surface area contributed by atoms with Gasteiger partial charge in [0.2, 0.25) is 0 Å². The lowest BCUT2D eigenvalue weighted by Crippen LogP contribution is -2.30. The molecule has 0 aliphatic rings. The van der Waals surface area contributed by atoms with Gasteiger partial charge < -0.3 is 14.2 Å². The lowest BCUT2D eigenvalue weighted by molar-refractivity contribution is -0.167. The van der Waals surface area contributed by atoms with E-state index in [0.29, 0.717) is 19.3 Å². The maximum absolute atomic E-state index is 12.8. The fourth-order valence-electron chi connectivity index (χ4n) is 9.27. The Kier molecular flexibility index (Phi) is 61.2. The molecule has 0 bridgehead atoms. The van der Waals surface area contributed by atoms with Crippen molar-refractivity contribution in [3.63, 3.8) is 0 Å². The van der Waals surface area contributed by atoms with Crippen LogP contribution in [0.3, 0.4) is 0 Å². The van der Waals surface area contributed by atoms with E-state index in [1.807, 2.05) is 0 Å². The number of hydrogen-bond donors (Lipinski definition) is 0. The van der Waals surface area contributed by atoms with E-state index in [1.54, 1.807) is 0 Å². The van der Waals surface area contributed by atoms with Crippen molar-refractivity contribution in [1.82, 2.24) is 0 Å². The Labute approximate surface area is 471 Å². The Morgan fingerprint density at radius 3 is 0.816 bits per heavy atom. The molecule has 0 aromatic heterocycles. The molecule has 0 aromatic rings. The summed E-state index contributed by atoms with van der Waals surface area (Å²) in [5.74, 6) is -0.874. The Hall–Kier alpha value is -3.41. The summed E-state index contributed by atoms with van der Waals surface area (Å²) in [4.78, 5) is 38.1. The molecule has 1 unspecified atom stereocenters. The minimum Gasteiger partial charge on any atom is -0.462 e. The predicted molar refractivity (Wildman–Crippen MR) is 330 cm³/mol. The van der Waals surface area contributed by atoms with E-state index in [4.69, 9.17) is 14.2 Å². The predicted octanol–water partition coefficient (Wildman–Crippen LogP) is 22.3. The lowest BCUT2D eigenvalue weighted by atomic mass is 10.0. The standard InChI is InChI=1S/C70H122O6/c1-4-7-10-13-16-18-20-22-24-26-28-29-30-31-32-33-34-35-36-37-38-39-40-41-42-44-45-47-49-51-54-57-60-63-69(72)75-66-67(65-74-68(71)62-59-56-53-15-12-9-6-3)76-70(73)64-61-58-55-52-50-48-46-43-27-25-23-21-19-17-14-11-8-5-2/h7,10,16,18,22,24-25,27-29,31-32,34-35,67H,4-6,8-9,11-15,17,19-21,23,26,30,33,36-66H2,1-3H3/b10-7-,18-16-,24-22-,27-25-,29-28-,32-31-,35-34-. The second kappa shape index (κ2) is 64.1. The highest BCUT2D eigenvalue weighted by Gasteiger charge is 2.19. The van der Waals surface area contributed by atoms with Crippen LogP contribution in [0.1, 0.15) is 323 Å². The maximum Gasteiger partial charge on any atom is 0.306 e. The molecule has 438 valence electrons. The molecule has 1 atom stereocenters. The number of rotatable bonds is 59. The molecule has 0 aromatic carbocycles. The average Bonchev–Trinajstić information content (AvgIpc) is 3.42. The van der Waals surface area contributed by atoms with E-state index < -0.39 is 6.10 Å². The molecule has 0 amide bonds. The Morgan fingerprint density at radius 1 is 0.276 bits per heavy atom. The molecular weight excluding hydrogens is 937 g/mol. The van der Waals surface area contributed by atoms with Gasteiger partial charge in [-0.3, -0.25) is 14.4 Å². The molecule has 6 nitrogen and oxygen atoms in total. The van der Waals surface area contributed by atoms with Gasteiger partial charge in [0.1, 0.15) is 13.2 Å². The number of carbonyl (C=O) groups excluding carboxylic acids is 3. The van der Waals surface area contributed by atoms with Crippen molar-refractivity contribution in [3.05, 3.63) is 85.1 Å². The monoisotopic (exact) mass is 1060 g/mol. The zero-order valence-electron chi connectivity index (χ0n) is 50.3. The third kappa shape index (κ3) is 61.4. The largest absolute Gasteiger partial charge is 0.462 e. The molecule has 0 rings (SSSR count). The van der Waals surface area contributed by atoms with Crippen molar-refractivity contribution in [2.75, 3.05) is 13.2 Å². The summed E-state index contributed by atoms with van der Waals surface area (Å²) in [6.45, 7) is 6.51. The average molecular weight is 1060 g/mol. The number of esters is 3. The maximum atomic E-state index is 12.8. The summed E-state index contributed by atoms with van der Waals surface area (Å²) >= 11 is 0. The highest BCUT2D eigenvalue weighted by Crippen LogP contribution is 2.17. The molecule has 0 fully saturated rings. The molecule has 0 radical (unpaired) electrons. The van der Waals surface area contributed by atoms with Crippen LogP contribution >= 0.6 is 0 Å². The van der Waals surface area contributed by atoms with E-state index in [-0.39, 0.29) is 31.1 Å². The van der Waals surface area contributed by atoms with Crippen LogP contribution < -0.4 is 0 Å². The minimum atomic E-state index is -0.774. The van der Waals surface area contributed by atoms with Crippen LogP contribution in [0.25, 0.3) is 0 Å². The topological polar surface area (TPSA) is 78.9 Å². The molecule has 0 spiro atoms. The van der Waals surface area contributed by atoms with Gasteiger partial charge in [-0.25, -0.2) is 0 Å². The van der Waals surface area contributed by atoms with Crippen molar-refractivity contribution >= 4 is 17.9 Å². The third-order valence-electron chi connectivity index (χ3n) is 14.1. The lowest BCUT2D eigenvalue weighted by Gasteiger charge is -2.18. The number of hydrogen-bond acceptors (Lipinski definition) is 6. The van der Waals surface area contributed by atoms with Crippen molar-refractivity contribution in [2.45, 2.75) is 329 Å². The normalized spacial score (nSPS) is 12.6. The summed E-state index contributed by atoms with van der Waals surface area (Å²) in [6.07, 6.45) is 84.8. The first-order valence-corrected chi connectivity index (χ1v) is 32.6. The number of carbonyl (C=O) groups is 3. The fraction of sp³-hybridized carbons (Fsp3) is 0.757. The highest BCUT2D eigenvalue weighted by molar-refractivity contribution is 5.71. The molecular formula is C70H122O6. The summed E-state index contributed by atoms with van der Waals surface area (Å²) in [5, 5.41) is 0. The number of unbranched alkanes of at least 4 members (excludes halogenated alkanes) is 34. The van der Waals surface area contributed by atoms with Gasteiger partial charge in [-0.15, -0.1) is 0 Å². The Morgan fingerprint density at radius 2 is 0.513 bits per heavy atom. The van der Waals surface area contributed by atoms with E-state index in [1.165, 1.54) is 186 Å². The van der Waals surface area contributed by atoms with Crippen molar-refractivity contribution in [3.8, 4) is 0 Å². The van der Waals surface area contributed by atoms with E-state index in [9.17, 15) is 14.4 Å². The van der Waals surface area contributed by atoms with E-state index in [2.05, 4.69) is 106 Å². The van der Waals surface area contributed by atoms with Crippen molar-refractivity contribution in [1.29, 1.82) is 0 Å². The highest BCUT2D eigenvalue weighted by atomic mass is 16.6. The molecule has 0 heterocycles. The van der Waals surface area contributed by atoms with Gasteiger partial charge in [-0.1, -0.05) is 292 Å². The molecule has 76 heavy (non-hydrogen) atoms. The van der Waals surface area contributed by atoms with Crippen LogP contribution in [0.5, 0.6) is 0 Å². The smallest absolute Gasteiger partial charge is 0.306 e. The first kappa shape index (κ1) is 72.6. The van der Waals surface area contributed by atoms with Gasteiger partial charge in [0, 0.05) is 19.3 Å². The van der Waals surface area contributed by atoms with Gasteiger partial charge in [0.05, 0.1) is 0 Å². The first-order valence-electron chi connectivity index (χ1n) is 32.6. The minimum absolute atomic E-state index is 0.0744. The fourth-order valence-corrected chi connectivity index (χ4v) is 9.27. The summed E-state index contributed by atoms with van der Waals surface area (Å²) in [5.41, 5.74) is 0. The van der Waals surface area contributed by atoms with Crippen molar-refractivity contribution < 1.29 is 28.6 Å². The van der Waals surface area contributed by atoms with Crippen LogP contribution in [-0.2, 0) is 28.6 Å². The quantitative estimate of drug-likeness (QED) is 0.0261. The SMILES string of the molecule is CC/C=C\C/C=C\C/C=C\C/C=C\C/C=C\C/C=C\CCCCCCCCCCCCCCCCC(=O)OCC(COC(=O)CCCCCCCCC)OC(=O)CCCCCCCCC/C=C\CCCCCCCCC. The molecule has 0 saturated carbocycles. The summed E-state index contributed by atoms with van der Waals surface area (Å²) in [6, 6.07) is 0. The molecule has 0 aliphatic heterocycles. The van der Waals surface area contributed by atoms with Crippen LogP contribution in [0.4, 0.5) is 0 Å². The zero-order chi connectivity index (χ0) is 55.0. The van der Waals surface area contributed by atoms with Crippen LogP contribution in [0.15, 0.2) is 85.1 Å². The summed E-state index contributed by atoms with van der Waals surface area (Å²) < 4.78 is 16.8. The van der Waals surface area contributed by atoms with Gasteiger partial charge in [-0.05, 0) is 96.3 Å². The van der Waals surface area contributed by atoms with Crippen LogP contribution in [0.2, 0.25) is 0 Å². The van der Waals surface area contributed by atoms with Crippen LogP contribution in [0, 0.1) is 0 Å². The molecule has 0 saturated heterocycles. The van der Waals surface area contributed by atoms with E-state index >= 15 is 0 Å². The Balaban J connectivity index is 4.06. The molecule has 6 heteroatoms. The second-order valence-electron chi connectivity index (χ2n) is 21.6. The summed E-state index contributed by atoms with van der Waals surface area (Å²) in [7, 11) is 0. The van der Waals surface area contributed by atoms with Crippen molar-refractivity contribution in [2.24, 2.45) is 0 Å². The number of allylic oxidation sites excluding steroid dienone is 14. The zero-order valence-corrected chi connectivity index (χ0v) is 50.3. The van der Waals surface area contributed by atoms with Gasteiger partial charge in [0.15, 0.2) is 6.10 Å². The van der Waals surface area contributed by atoms with Crippen LogP contribution in [-0.4, -0.2) is 37.2 Å². The molecule has 0 N–H and O–H groups in total. The third-order valence-corrected chi connectivity index (χ3v) is 14.1. The number of ether oxygens (including phenoxy) is 3. The van der Waals surface area contributed by atoms with E-state index in [0.717, 1.165) is 96.3 Å². The van der Waals surface area contributed by atoms with Gasteiger partial charge in [0.25, 0.3) is 0 Å². The Bertz CT molecular complexity index is 1450. The van der Waals surface area contributed by atoms with Gasteiger partial charge >= 0.3 is 17.9 Å². The second-order valence-corrected chi connectivity index (χ2v) is 21.6. The molecule has 0 aliphatic carbocycles. The van der Waals surface area contributed by atoms with Gasteiger partial charge in [-0.2, -0.15) is 0 Å².